The van der Waals surface area contributed by atoms with Crippen molar-refractivity contribution in [1.82, 2.24) is 0 Å². The summed E-state index contributed by atoms with van der Waals surface area (Å²) in [7, 11) is 0. The third-order valence-electron chi connectivity index (χ3n) is 1.80. The average molecular weight is 275 g/mol. The summed E-state index contributed by atoms with van der Waals surface area (Å²) in [6.07, 6.45) is 0.0978. The molecule has 0 aliphatic rings. The van der Waals surface area contributed by atoms with Crippen LogP contribution < -0.4 is 4.74 Å². The minimum atomic E-state index is -0.373. The summed E-state index contributed by atoms with van der Waals surface area (Å²) in [6, 6.07) is 4.52. The van der Waals surface area contributed by atoms with Crippen molar-refractivity contribution in [3.63, 3.8) is 0 Å². The Kier molecular flexibility index (Phi) is 4.27. The highest BCUT2D eigenvalue weighted by atomic mass is 79.9. The molecule has 0 spiro atoms. The molecule has 0 saturated carbocycles. The summed E-state index contributed by atoms with van der Waals surface area (Å²) < 4.78 is 18.9. The lowest BCUT2D eigenvalue weighted by atomic mass is 10.2. The van der Waals surface area contributed by atoms with Gasteiger partial charge in [0.1, 0.15) is 23.5 Å². The second-order valence-corrected chi connectivity index (χ2v) is 4.26. The molecule has 1 aromatic rings. The van der Waals surface area contributed by atoms with Crippen LogP contribution >= 0.6 is 15.9 Å². The van der Waals surface area contributed by atoms with Crippen LogP contribution in [0.25, 0.3) is 0 Å². The van der Waals surface area contributed by atoms with Gasteiger partial charge in [0.05, 0.1) is 4.47 Å². The summed E-state index contributed by atoms with van der Waals surface area (Å²) in [4.78, 5) is 10.8. The van der Waals surface area contributed by atoms with Gasteiger partial charge in [-0.25, -0.2) is 4.39 Å². The van der Waals surface area contributed by atoms with Crippen molar-refractivity contribution in [1.29, 1.82) is 0 Å². The van der Waals surface area contributed by atoms with Crippen LogP contribution in [0.2, 0.25) is 0 Å². The van der Waals surface area contributed by atoms with Gasteiger partial charge >= 0.3 is 0 Å². The Hall–Kier alpha value is -0.900. The van der Waals surface area contributed by atoms with Crippen LogP contribution in [-0.2, 0) is 4.79 Å². The van der Waals surface area contributed by atoms with Crippen molar-refractivity contribution < 1.29 is 13.9 Å². The smallest absolute Gasteiger partial charge is 0.141 e. The molecule has 1 atom stereocenters. The molecule has 15 heavy (non-hydrogen) atoms. The predicted molar refractivity (Wildman–Crippen MR) is 59.5 cm³/mol. The Morgan fingerprint density at radius 3 is 2.80 bits per heavy atom. The Bertz CT molecular complexity index is 366. The molecule has 0 aliphatic carbocycles. The molecule has 1 rings (SSSR count). The first-order valence-corrected chi connectivity index (χ1v) is 5.39. The molecular weight excluding hydrogens is 263 g/mol. The highest BCUT2D eigenvalue weighted by Gasteiger charge is 2.08. The Morgan fingerprint density at radius 1 is 1.60 bits per heavy atom. The van der Waals surface area contributed by atoms with E-state index in [0.29, 0.717) is 16.6 Å². The lowest BCUT2D eigenvalue weighted by Gasteiger charge is -2.13. The van der Waals surface area contributed by atoms with Crippen LogP contribution in [0.3, 0.4) is 0 Å². The van der Waals surface area contributed by atoms with Crippen LogP contribution in [0.5, 0.6) is 5.75 Å². The van der Waals surface area contributed by atoms with Gasteiger partial charge in [-0.2, -0.15) is 0 Å². The van der Waals surface area contributed by atoms with E-state index < -0.39 is 0 Å². The number of hydrogen-bond acceptors (Lipinski definition) is 2. The lowest BCUT2D eigenvalue weighted by Crippen LogP contribution is -2.15. The Morgan fingerprint density at radius 2 is 2.27 bits per heavy atom. The zero-order chi connectivity index (χ0) is 11.4. The fourth-order valence-electron chi connectivity index (χ4n) is 1.23. The summed E-state index contributed by atoms with van der Waals surface area (Å²) in [5.41, 5.74) is 0. The van der Waals surface area contributed by atoms with Gasteiger partial charge < -0.3 is 4.74 Å². The molecule has 1 aromatic carbocycles. The number of rotatable bonds is 4. The number of carbonyl (C=O) groups is 1. The van der Waals surface area contributed by atoms with Gasteiger partial charge in [-0.3, -0.25) is 4.79 Å². The molecule has 0 aliphatic heterocycles. The first-order chi connectivity index (χ1) is 6.99. The van der Waals surface area contributed by atoms with Crippen molar-refractivity contribution in [2.45, 2.75) is 26.4 Å². The van der Waals surface area contributed by atoms with Crippen LogP contribution in [0, 0.1) is 5.82 Å². The fourth-order valence-corrected chi connectivity index (χ4v) is 1.48. The third-order valence-corrected chi connectivity index (χ3v) is 2.45. The molecule has 1 unspecified atom stereocenters. The number of benzene rings is 1. The topological polar surface area (TPSA) is 26.3 Å². The predicted octanol–water partition coefficient (Wildman–Crippen LogP) is 3.33. The first-order valence-electron chi connectivity index (χ1n) is 4.60. The number of ketones is 1. The second kappa shape index (κ2) is 5.26. The third kappa shape index (κ3) is 4.00. The monoisotopic (exact) mass is 274 g/mol. The van der Waals surface area contributed by atoms with E-state index in [1.165, 1.54) is 13.0 Å². The standard InChI is InChI=1S/C11H12BrFO2/c1-7(14)5-8(2)15-9-3-4-10(12)11(13)6-9/h3-4,6,8H,5H2,1-2H3. The highest BCUT2D eigenvalue weighted by molar-refractivity contribution is 9.10. The van der Waals surface area contributed by atoms with E-state index in [1.54, 1.807) is 19.1 Å². The van der Waals surface area contributed by atoms with Crippen molar-refractivity contribution in [2.24, 2.45) is 0 Å². The maximum absolute atomic E-state index is 13.1. The van der Waals surface area contributed by atoms with E-state index in [9.17, 15) is 9.18 Å². The molecule has 0 saturated heterocycles. The van der Waals surface area contributed by atoms with E-state index in [-0.39, 0.29) is 17.7 Å². The van der Waals surface area contributed by atoms with Gasteiger partial charge in [0.15, 0.2) is 0 Å². The van der Waals surface area contributed by atoms with Gasteiger partial charge in [-0.1, -0.05) is 0 Å². The molecule has 0 aromatic heterocycles. The van der Waals surface area contributed by atoms with Gasteiger partial charge in [0.2, 0.25) is 0 Å². The van der Waals surface area contributed by atoms with Crippen molar-refractivity contribution in [3.05, 3.63) is 28.5 Å². The van der Waals surface area contributed by atoms with Gasteiger partial charge in [-0.15, -0.1) is 0 Å². The van der Waals surface area contributed by atoms with Crippen LogP contribution in [0.15, 0.2) is 22.7 Å². The molecule has 0 bridgehead atoms. The van der Waals surface area contributed by atoms with E-state index in [4.69, 9.17) is 4.74 Å². The molecule has 82 valence electrons. The van der Waals surface area contributed by atoms with Crippen LogP contribution in [0.4, 0.5) is 4.39 Å². The van der Waals surface area contributed by atoms with Crippen molar-refractivity contribution >= 4 is 21.7 Å². The summed E-state index contributed by atoms with van der Waals surface area (Å²) in [5, 5.41) is 0. The summed E-state index contributed by atoms with van der Waals surface area (Å²) in [5.74, 6) is 0.118. The Balaban J connectivity index is 2.64. The van der Waals surface area contributed by atoms with Crippen molar-refractivity contribution in [3.8, 4) is 5.75 Å². The molecule has 0 heterocycles. The first kappa shape index (κ1) is 12.2. The molecule has 0 fully saturated rings. The van der Waals surface area contributed by atoms with E-state index in [1.807, 2.05) is 0 Å². The largest absolute Gasteiger partial charge is 0.490 e. The van der Waals surface area contributed by atoms with Crippen LogP contribution in [-0.4, -0.2) is 11.9 Å². The average Bonchev–Trinajstić information content (AvgIpc) is 2.10. The van der Waals surface area contributed by atoms with Gasteiger partial charge in [0.25, 0.3) is 0 Å². The zero-order valence-corrected chi connectivity index (χ0v) is 10.2. The zero-order valence-electron chi connectivity index (χ0n) is 8.59. The molecule has 4 heteroatoms. The number of halogens is 2. The number of hydrogen-bond donors (Lipinski definition) is 0. The summed E-state index contributed by atoms with van der Waals surface area (Å²) >= 11 is 3.05. The molecule has 0 radical (unpaired) electrons. The number of carbonyl (C=O) groups excluding carboxylic acids is 1. The normalized spacial score (nSPS) is 12.3. The number of Topliss-reactive ketones (excluding diaryl/α,β-unsaturated/α-hetero) is 1. The Labute approximate surface area is 96.6 Å². The van der Waals surface area contributed by atoms with E-state index >= 15 is 0 Å². The minimum absolute atomic E-state index is 0.0556. The maximum Gasteiger partial charge on any atom is 0.141 e. The highest BCUT2D eigenvalue weighted by Crippen LogP contribution is 2.22. The van der Waals surface area contributed by atoms with E-state index in [0.717, 1.165) is 0 Å². The minimum Gasteiger partial charge on any atom is -0.490 e. The van der Waals surface area contributed by atoms with E-state index in [2.05, 4.69) is 15.9 Å². The SMILES string of the molecule is CC(=O)CC(C)Oc1ccc(Br)c(F)c1. The van der Waals surface area contributed by atoms with Gasteiger partial charge in [0, 0.05) is 12.5 Å². The fraction of sp³-hybridized carbons (Fsp3) is 0.364. The molecular formula is C11H12BrFO2. The number of ether oxygens (including phenoxy) is 1. The van der Waals surface area contributed by atoms with Gasteiger partial charge in [-0.05, 0) is 41.9 Å². The molecule has 2 nitrogen and oxygen atoms in total. The summed E-state index contributed by atoms with van der Waals surface area (Å²) in [6.45, 7) is 3.28. The van der Waals surface area contributed by atoms with Crippen LogP contribution in [0.1, 0.15) is 20.3 Å². The second-order valence-electron chi connectivity index (χ2n) is 3.41. The maximum atomic E-state index is 13.1. The lowest BCUT2D eigenvalue weighted by molar-refractivity contribution is -0.118. The molecule has 0 amide bonds. The molecule has 0 N–H and O–H groups in total. The van der Waals surface area contributed by atoms with Crippen molar-refractivity contribution in [2.75, 3.05) is 0 Å². The quantitative estimate of drug-likeness (QED) is 0.842.